The Morgan fingerprint density at radius 2 is 2.07 bits per heavy atom. The predicted octanol–water partition coefficient (Wildman–Crippen LogP) is 2.89. The standard InChI is InChI=1S/C11H13ClF2O/c12-5-1-2-10(15)6-8-3-4-9(13)7-11(8)14/h3-4,7,10,15H,1-2,5-6H2. The van der Waals surface area contributed by atoms with E-state index >= 15 is 0 Å². The van der Waals surface area contributed by atoms with Gasteiger partial charge in [-0.1, -0.05) is 6.07 Å². The van der Waals surface area contributed by atoms with Gasteiger partial charge in [0.25, 0.3) is 0 Å². The molecule has 0 saturated carbocycles. The van der Waals surface area contributed by atoms with Crippen LogP contribution in [0.25, 0.3) is 0 Å². The SMILES string of the molecule is OC(CCCCl)Cc1ccc(F)cc1F. The molecule has 0 amide bonds. The molecular weight excluding hydrogens is 222 g/mol. The van der Waals surface area contributed by atoms with Crippen LogP contribution in [0, 0.1) is 11.6 Å². The summed E-state index contributed by atoms with van der Waals surface area (Å²) >= 11 is 5.47. The van der Waals surface area contributed by atoms with Crippen LogP contribution in [0.1, 0.15) is 18.4 Å². The number of halogens is 3. The third kappa shape index (κ3) is 4.14. The lowest BCUT2D eigenvalue weighted by Gasteiger charge is -2.10. The average Bonchev–Trinajstić information content (AvgIpc) is 2.19. The Balaban J connectivity index is 2.56. The van der Waals surface area contributed by atoms with Crippen molar-refractivity contribution in [2.24, 2.45) is 0 Å². The minimum atomic E-state index is -0.622. The Labute approximate surface area is 92.7 Å². The van der Waals surface area contributed by atoms with Crippen LogP contribution in [-0.2, 0) is 6.42 Å². The van der Waals surface area contributed by atoms with Crippen molar-refractivity contribution in [3.8, 4) is 0 Å². The van der Waals surface area contributed by atoms with Gasteiger partial charge in [0, 0.05) is 18.4 Å². The minimum Gasteiger partial charge on any atom is -0.393 e. The third-order valence-electron chi connectivity index (χ3n) is 2.14. The van der Waals surface area contributed by atoms with Gasteiger partial charge in [0.1, 0.15) is 11.6 Å². The highest BCUT2D eigenvalue weighted by molar-refractivity contribution is 6.17. The molecule has 0 radical (unpaired) electrons. The molecule has 0 saturated heterocycles. The van der Waals surface area contributed by atoms with E-state index in [-0.39, 0.29) is 6.42 Å². The molecule has 0 heterocycles. The maximum absolute atomic E-state index is 13.2. The lowest BCUT2D eigenvalue weighted by atomic mass is 10.0. The summed E-state index contributed by atoms with van der Waals surface area (Å²) < 4.78 is 25.7. The van der Waals surface area contributed by atoms with E-state index in [4.69, 9.17) is 11.6 Å². The van der Waals surface area contributed by atoms with E-state index in [0.29, 0.717) is 24.3 Å². The highest BCUT2D eigenvalue weighted by Crippen LogP contribution is 2.13. The van der Waals surface area contributed by atoms with Crippen molar-refractivity contribution >= 4 is 11.6 Å². The molecule has 0 aromatic heterocycles. The number of hydrogen-bond donors (Lipinski definition) is 1. The zero-order chi connectivity index (χ0) is 11.3. The fourth-order valence-electron chi connectivity index (χ4n) is 1.36. The van der Waals surface area contributed by atoms with Gasteiger partial charge in [-0.15, -0.1) is 11.6 Å². The van der Waals surface area contributed by atoms with Gasteiger partial charge in [0.05, 0.1) is 6.10 Å². The summed E-state index contributed by atoms with van der Waals surface area (Å²) in [6.07, 6.45) is 0.790. The van der Waals surface area contributed by atoms with Gasteiger partial charge in [-0.2, -0.15) is 0 Å². The van der Waals surface area contributed by atoms with Crippen molar-refractivity contribution < 1.29 is 13.9 Å². The largest absolute Gasteiger partial charge is 0.393 e. The van der Waals surface area contributed by atoms with Crippen molar-refractivity contribution in [1.82, 2.24) is 0 Å². The molecule has 15 heavy (non-hydrogen) atoms. The zero-order valence-electron chi connectivity index (χ0n) is 8.22. The molecule has 0 aliphatic heterocycles. The van der Waals surface area contributed by atoms with Gasteiger partial charge in [-0.3, -0.25) is 0 Å². The Hall–Kier alpha value is -0.670. The van der Waals surface area contributed by atoms with E-state index < -0.39 is 17.7 Å². The average molecular weight is 235 g/mol. The lowest BCUT2D eigenvalue weighted by Crippen LogP contribution is -2.11. The van der Waals surface area contributed by atoms with Gasteiger partial charge in [0.2, 0.25) is 0 Å². The second-order valence-corrected chi connectivity index (χ2v) is 3.80. The smallest absolute Gasteiger partial charge is 0.129 e. The highest BCUT2D eigenvalue weighted by atomic mass is 35.5. The van der Waals surface area contributed by atoms with Crippen LogP contribution in [0.4, 0.5) is 8.78 Å². The Kier molecular flexibility index (Phi) is 4.99. The van der Waals surface area contributed by atoms with Crippen molar-refractivity contribution in [2.45, 2.75) is 25.4 Å². The number of benzene rings is 1. The fraction of sp³-hybridized carbons (Fsp3) is 0.455. The van der Waals surface area contributed by atoms with Crippen LogP contribution in [0.2, 0.25) is 0 Å². The summed E-state index contributed by atoms with van der Waals surface area (Å²) in [6, 6.07) is 3.37. The maximum Gasteiger partial charge on any atom is 0.129 e. The number of hydrogen-bond acceptors (Lipinski definition) is 1. The van der Waals surface area contributed by atoms with Crippen LogP contribution in [0.3, 0.4) is 0 Å². The molecule has 1 aromatic rings. The van der Waals surface area contributed by atoms with Crippen LogP contribution >= 0.6 is 11.6 Å². The van der Waals surface area contributed by atoms with Crippen molar-refractivity contribution in [3.05, 3.63) is 35.4 Å². The number of aliphatic hydroxyl groups is 1. The van der Waals surface area contributed by atoms with E-state index in [1.54, 1.807) is 0 Å². The molecule has 1 unspecified atom stereocenters. The van der Waals surface area contributed by atoms with Crippen LogP contribution in [0.5, 0.6) is 0 Å². The molecule has 0 bridgehead atoms. The van der Waals surface area contributed by atoms with Crippen molar-refractivity contribution in [2.75, 3.05) is 5.88 Å². The predicted molar refractivity (Wildman–Crippen MR) is 56.0 cm³/mol. The first kappa shape index (κ1) is 12.4. The third-order valence-corrected chi connectivity index (χ3v) is 2.41. The summed E-state index contributed by atoms with van der Waals surface area (Å²) in [7, 11) is 0. The molecule has 1 aromatic carbocycles. The molecule has 0 aliphatic carbocycles. The molecule has 1 rings (SSSR count). The first-order valence-electron chi connectivity index (χ1n) is 4.81. The summed E-state index contributed by atoms with van der Waals surface area (Å²) in [4.78, 5) is 0. The van der Waals surface area contributed by atoms with Crippen LogP contribution < -0.4 is 0 Å². The fourth-order valence-corrected chi connectivity index (χ4v) is 1.51. The molecule has 0 spiro atoms. The Bertz CT molecular complexity index is 317. The van der Waals surface area contributed by atoms with Gasteiger partial charge in [-0.05, 0) is 24.5 Å². The van der Waals surface area contributed by atoms with Crippen molar-refractivity contribution in [3.63, 3.8) is 0 Å². The van der Waals surface area contributed by atoms with Crippen LogP contribution in [-0.4, -0.2) is 17.1 Å². The van der Waals surface area contributed by atoms with Gasteiger partial charge < -0.3 is 5.11 Å². The second-order valence-electron chi connectivity index (χ2n) is 3.42. The lowest BCUT2D eigenvalue weighted by molar-refractivity contribution is 0.163. The normalized spacial score (nSPS) is 12.8. The number of aliphatic hydroxyl groups excluding tert-OH is 1. The molecular formula is C11H13ClF2O. The molecule has 84 valence electrons. The molecule has 1 atom stereocenters. The first-order valence-corrected chi connectivity index (χ1v) is 5.35. The van der Waals surface area contributed by atoms with E-state index in [1.165, 1.54) is 12.1 Å². The summed E-state index contributed by atoms with van der Waals surface area (Å²) in [5, 5.41) is 9.51. The zero-order valence-corrected chi connectivity index (χ0v) is 8.97. The van der Waals surface area contributed by atoms with Crippen molar-refractivity contribution in [1.29, 1.82) is 0 Å². The Morgan fingerprint density at radius 1 is 1.33 bits per heavy atom. The van der Waals surface area contributed by atoms with Gasteiger partial charge in [0.15, 0.2) is 0 Å². The number of rotatable bonds is 5. The van der Waals surface area contributed by atoms with Gasteiger partial charge in [-0.25, -0.2) is 8.78 Å². The quantitative estimate of drug-likeness (QED) is 0.777. The van der Waals surface area contributed by atoms with E-state index in [9.17, 15) is 13.9 Å². The second kappa shape index (κ2) is 6.03. The minimum absolute atomic E-state index is 0.197. The summed E-state index contributed by atoms with van der Waals surface area (Å²) in [5.74, 6) is -0.741. The first-order chi connectivity index (χ1) is 7.13. The Morgan fingerprint density at radius 3 is 2.67 bits per heavy atom. The topological polar surface area (TPSA) is 20.2 Å². The molecule has 1 nitrogen and oxygen atoms in total. The van der Waals surface area contributed by atoms with Crippen LogP contribution in [0.15, 0.2) is 18.2 Å². The van der Waals surface area contributed by atoms with E-state index in [0.717, 1.165) is 6.07 Å². The molecule has 4 heteroatoms. The maximum atomic E-state index is 13.2. The van der Waals surface area contributed by atoms with E-state index in [1.807, 2.05) is 0 Å². The monoisotopic (exact) mass is 234 g/mol. The molecule has 0 aliphatic rings. The molecule has 1 N–H and O–H groups in total. The highest BCUT2D eigenvalue weighted by Gasteiger charge is 2.09. The summed E-state index contributed by atoms with van der Waals surface area (Å²) in [5.41, 5.74) is 0.332. The van der Waals surface area contributed by atoms with Gasteiger partial charge >= 0.3 is 0 Å². The number of alkyl halides is 1. The molecule has 0 fully saturated rings. The van der Waals surface area contributed by atoms with E-state index in [2.05, 4.69) is 0 Å². The summed E-state index contributed by atoms with van der Waals surface area (Å²) in [6.45, 7) is 0.